The number of carbonyl (C=O) groups is 1. The number of aromatic nitrogens is 1. The number of Topliss-reactive ketones (excluding diaryl/α,β-unsaturated/α-hetero) is 1. The highest BCUT2D eigenvalue weighted by molar-refractivity contribution is 5.83. The van der Waals surface area contributed by atoms with Crippen LogP contribution in [0.3, 0.4) is 0 Å². The van der Waals surface area contributed by atoms with E-state index >= 15 is 0 Å². The molecular weight excluding hydrogens is 222 g/mol. The van der Waals surface area contributed by atoms with E-state index in [0.717, 1.165) is 35.7 Å². The van der Waals surface area contributed by atoms with Crippen LogP contribution >= 0.6 is 0 Å². The van der Waals surface area contributed by atoms with E-state index in [4.69, 9.17) is 0 Å². The van der Waals surface area contributed by atoms with Crippen LogP contribution in [-0.2, 0) is 11.2 Å². The van der Waals surface area contributed by atoms with Crippen LogP contribution in [0.4, 0.5) is 0 Å². The smallest absolute Gasteiger partial charge is 0.137 e. The van der Waals surface area contributed by atoms with Crippen molar-refractivity contribution in [2.75, 3.05) is 0 Å². The van der Waals surface area contributed by atoms with Crippen LogP contribution in [0.25, 0.3) is 10.9 Å². The highest BCUT2D eigenvalue weighted by Crippen LogP contribution is 2.14. The number of carbonyl (C=O) groups excluding carboxylic acids is 1. The zero-order valence-electron chi connectivity index (χ0n) is 10.9. The lowest BCUT2D eigenvalue weighted by Gasteiger charge is -2.03. The van der Waals surface area contributed by atoms with Crippen molar-refractivity contribution in [2.45, 2.75) is 39.0 Å². The molecule has 2 aromatic rings. The maximum Gasteiger partial charge on any atom is 0.137 e. The van der Waals surface area contributed by atoms with E-state index in [9.17, 15) is 4.79 Å². The van der Waals surface area contributed by atoms with Crippen molar-refractivity contribution < 1.29 is 4.79 Å². The van der Waals surface area contributed by atoms with Crippen LogP contribution in [0.5, 0.6) is 0 Å². The molecule has 0 aliphatic heterocycles. The highest BCUT2D eigenvalue weighted by Gasteiger charge is 2.04. The van der Waals surface area contributed by atoms with Crippen molar-refractivity contribution in [1.82, 2.24) is 4.98 Å². The molecule has 2 rings (SSSR count). The first kappa shape index (κ1) is 12.7. The zero-order valence-corrected chi connectivity index (χ0v) is 10.9. The highest BCUT2D eigenvalue weighted by atomic mass is 16.1. The molecule has 2 nitrogen and oxygen atoms in total. The normalized spacial score (nSPS) is 10.7. The third kappa shape index (κ3) is 3.39. The van der Waals surface area contributed by atoms with Crippen molar-refractivity contribution in [3.05, 3.63) is 42.1 Å². The quantitative estimate of drug-likeness (QED) is 0.717. The van der Waals surface area contributed by atoms with Gasteiger partial charge in [-0.05, 0) is 24.1 Å². The van der Waals surface area contributed by atoms with Gasteiger partial charge in [0, 0.05) is 24.4 Å². The summed E-state index contributed by atoms with van der Waals surface area (Å²) in [5.74, 6) is 0.320. The number of para-hydroxylation sites is 1. The average molecular weight is 241 g/mol. The summed E-state index contributed by atoms with van der Waals surface area (Å²) < 4.78 is 0. The molecule has 0 bridgehead atoms. The van der Waals surface area contributed by atoms with Crippen molar-refractivity contribution in [3.63, 3.8) is 0 Å². The number of hydrogen-bond acceptors (Lipinski definition) is 2. The van der Waals surface area contributed by atoms with Crippen molar-refractivity contribution >= 4 is 16.7 Å². The van der Waals surface area contributed by atoms with Gasteiger partial charge in [0.25, 0.3) is 0 Å². The minimum absolute atomic E-state index is 0.320. The van der Waals surface area contributed by atoms with Crippen LogP contribution in [0, 0.1) is 0 Å². The molecule has 0 atom stereocenters. The lowest BCUT2D eigenvalue weighted by Crippen LogP contribution is -2.02. The predicted octanol–water partition coefficient (Wildman–Crippen LogP) is 3.93. The summed E-state index contributed by atoms with van der Waals surface area (Å²) in [6.07, 6.45) is 6.34. The van der Waals surface area contributed by atoms with Crippen LogP contribution in [0.15, 0.2) is 36.5 Å². The van der Waals surface area contributed by atoms with Crippen molar-refractivity contribution in [3.8, 4) is 0 Å². The molecule has 0 radical (unpaired) electrons. The first-order valence-electron chi connectivity index (χ1n) is 6.65. The molecule has 1 aromatic heterocycles. The number of benzene rings is 1. The second kappa shape index (κ2) is 6.29. The van der Waals surface area contributed by atoms with E-state index in [2.05, 4.69) is 18.0 Å². The van der Waals surface area contributed by atoms with Gasteiger partial charge in [-0.1, -0.05) is 38.0 Å². The lowest BCUT2D eigenvalue weighted by molar-refractivity contribution is -0.118. The number of unbranched alkanes of at least 4 members (excludes halogenated alkanes) is 2. The fraction of sp³-hybridized carbons (Fsp3) is 0.375. The summed E-state index contributed by atoms with van der Waals surface area (Å²) in [7, 11) is 0. The molecule has 94 valence electrons. The minimum Gasteiger partial charge on any atom is -0.299 e. The van der Waals surface area contributed by atoms with Gasteiger partial charge in [0.15, 0.2) is 0 Å². The molecule has 1 aromatic carbocycles. The Hall–Kier alpha value is -1.70. The van der Waals surface area contributed by atoms with Gasteiger partial charge in [0.1, 0.15) is 5.78 Å². The molecule has 18 heavy (non-hydrogen) atoms. The second-order valence-electron chi connectivity index (χ2n) is 4.71. The van der Waals surface area contributed by atoms with Gasteiger partial charge in [0.2, 0.25) is 0 Å². The number of rotatable bonds is 6. The van der Waals surface area contributed by atoms with Gasteiger partial charge in [-0.15, -0.1) is 0 Å². The first-order valence-corrected chi connectivity index (χ1v) is 6.65. The first-order chi connectivity index (χ1) is 8.79. The summed E-state index contributed by atoms with van der Waals surface area (Å²) in [5.41, 5.74) is 2.01. The van der Waals surface area contributed by atoms with Gasteiger partial charge >= 0.3 is 0 Å². The van der Waals surface area contributed by atoms with Gasteiger partial charge in [-0.2, -0.15) is 0 Å². The maximum absolute atomic E-state index is 11.8. The Morgan fingerprint density at radius 3 is 2.89 bits per heavy atom. The molecule has 0 fully saturated rings. The number of ketones is 1. The van der Waals surface area contributed by atoms with Crippen LogP contribution < -0.4 is 0 Å². The molecule has 0 unspecified atom stereocenters. The maximum atomic E-state index is 11.8. The Labute approximate surface area is 108 Å². The molecule has 1 heterocycles. The molecule has 0 amide bonds. The van der Waals surface area contributed by atoms with E-state index in [1.54, 1.807) is 0 Å². The molecular formula is C16H19NO. The van der Waals surface area contributed by atoms with E-state index in [1.807, 2.05) is 30.5 Å². The fourth-order valence-corrected chi connectivity index (χ4v) is 2.10. The monoisotopic (exact) mass is 241 g/mol. The van der Waals surface area contributed by atoms with Crippen LogP contribution in [0.1, 0.15) is 38.2 Å². The Bertz CT molecular complexity index is 533. The number of pyridine rings is 1. The number of fused-ring (bicyclic) bond motifs is 1. The molecule has 0 saturated carbocycles. The summed E-state index contributed by atoms with van der Waals surface area (Å²) >= 11 is 0. The molecule has 0 aliphatic carbocycles. The van der Waals surface area contributed by atoms with E-state index in [0.29, 0.717) is 18.6 Å². The molecule has 0 aliphatic rings. The SMILES string of the molecule is CCCCCC(=O)Cc1cnc2ccccc2c1. The Kier molecular flexibility index (Phi) is 4.46. The topological polar surface area (TPSA) is 30.0 Å². The zero-order chi connectivity index (χ0) is 12.8. The molecule has 0 saturated heterocycles. The molecule has 0 spiro atoms. The van der Waals surface area contributed by atoms with Crippen molar-refractivity contribution in [2.24, 2.45) is 0 Å². The lowest BCUT2D eigenvalue weighted by atomic mass is 10.0. The number of nitrogens with zero attached hydrogens (tertiary/aromatic N) is 1. The predicted molar refractivity (Wildman–Crippen MR) is 74.6 cm³/mol. The number of hydrogen-bond donors (Lipinski definition) is 0. The van der Waals surface area contributed by atoms with Gasteiger partial charge in [-0.25, -0.2) is 0 Å². The Balaban J connectivity index is 2.01. The molecule has 0 N–H and O–H groups in total. The fourth-order valence-electron chi connectivity index (χ4n) is 2.10. The van der Waals surface area contributed by atoms with E-state index in [-0.39, 0.29) is 0 Å². The Morgan fingerprint density at radius 2 is 2.06 bits per heavy atom. The summed E-state index contributed by atoms with van der Waals surface area (Å²) in [5, 5.41) is 1.11. The Morgan fingerprint density at radius 1 is 1.22 bits per heavy atom. The summed E-state index contributed by atoms with van der Waals surface area (Å²) in [4.78, 5) is 16.2. The van der Waals surface area contributed by atoms with Crippen LogP contribution in [0.2, 0.25) is 0 Å². The van der Waals surface area contributed by atoms with E-state index in [1.165, 1.54) is 0 Å². The minimum atomic E-state index is 0.320. The largest absolute Gasteiger partial charge is 0.299 e. The summed E-state index contributed by atoms with van der Waals surface area (Å²) in [6, 6.07) is 10.1. The second-order valence-corrected chi connectivity index (χ2v) is 4.71. The van der Waals surface area contributed by atoms with Crippen molar-refractivity contribution in [1.29, 1.82) is 0 Å². The van der Waals surface area contributed by atoms with Gasteiger partial charge in [-0.3, -0.25) is 9.78 Å². The standard InChI is InChI=1S/C16H19NO/c1-2-3-4-8-15(18)11-13-10-14-7-5-6-9-16(14)17-12-13/h5-7,9-10,12H,2-4,8,11H2,1H3. The van der Waals surface area contributed by atoms with Gasteiger partial charge in [0.05, 0.1) is 5.52 Å². The summed E-state index contributed by atoms with van der Waals surface area (Å²) in [6.45, 7) is 2.15. The molecule has 2 heteroatoms. The van der Waals surface area contributed by atoms with E-state index < -0.39 is 0 Å². The third-order valence-electron chi connectivity index (χ3n) is 3.11. The average Bonchev–Trinajstić information content (AvgIpc) is 2.39. The van der Waals surface area contributed by atoms with Gasteiger partial charge < -0.3 is 0 Å². The third-order valence-corrected chi connectivity index (χ3v) is 3.11. The van der Waals surface area contributed by atoms with Crippen LogP contribution in [-0.4, -0.2) is 10.8 Å².